The van der Waals surface area contributed by atoms with Gasteiger partial charge in [0.2, 0.25) is 5.91 Å². The first kappa shape index (κ1) is 21.4. The van der Waals surface area contributed by atoms with Gasteiger partial charge in [-0.15, -0.1) is 17.7 Å². The highest BCUT2D eigenvalue weighted by molar-refractivity contribution is 7.80. The van der Waals surface area contributed by atoms with Crippen LogP contribution in [0.3, 0.4) is 0 Å². The fourth-order valence-electron chi connectivity index (χ4n) is 3.70. The summed E-state index contributed by atoms with van der Waals surface area (Å²) in [5, 5.41) is 11.2. The monoisotopic (exact) mass is 415 g/mol. The molecule has 1 aliphatic rings. The number of carbonyl (C=O) groups excluding carboxylic acids is 2. The molecule has 0 radical (unpaired) electrons. The number of hydrogen-bond donors (Lipinski definition) is 2. The van der Waals surface area contributed by atoms with Gasteiger partial charge in [-0.3, -0.25) is 9.59 Å². The molecule has 156 valence electrons. The number of aromatic nitrogens is 3. The molecule has 8 heteroatoms. The maximum atomic E-state index is 13.1. The number of nitrogens with one attached hydrogen (secondary N) is 1. The summed E-state index contributed by atoms with van der Waals surface area (Å²) in [6.07, 6.45) is 3.97. The van der Waals surface area contributed by atoms with Crippen LogP contribution >= 0.6 is 12.6 Å². The van der Waals surface area contributed by atoms with Gasteiger partial charge in [0, 0.05) is 23.5 Å². The number of nitrogens with zero attached hydrogens (tertiary/aromatic N) is 4. The van der Waals surface area contributed by atoms with Gasteiger partial charge in [0.15, 0.2) is 0 Å². The zero-order valence-corrected chi connectivity index (χ0v) is 18.1. The summed E-state index contributed by atoms with van der Waals surface area (Å²) in [6.45, 7) is 8.07. The second-order valence-corrected chi connectivity index (χ2v) is 8.66. The van der Waals surface area contributed by atoms with Crippen LogP contribution in [0.4, 0.5) is 0 Å². The molecular formula is C21H29N5O2S. The Morgan fingerprint density at radius 2 is 2.00 bits per heavy atom. The summed E-state index contributed by atoms with van der Waals surface area (Å²) in [5.74, 6) is 0.521. The maximum Gasteiger partial charge on any atom is 0.251 e. The number of hydrogen-bond acceptors (Lipinski definition) is 5. The van der Waals surface area contributed by atoms with Crippen LogP contribution in [0.25, 0.3) is 0 Å². The van der Waals surface area contributed by atoms with E-state index in [0.29, 0.717) is 17.2 Å². The molecule has 0 saturated carbocycles. The van der Waals surface area contributed by atoms with Crippen molar-refractivity contribution in [3.63, 3.8) is 0 Å². The molecule has 3 rings (SSSR count). The zero-order valence-electron chi connectivity index (χ0n) is 17.2. The molecule has 29 heavy (non-hydrogen) atoms. The highest BCUT2D eigenvalue weighted by atomic mass is 32.1. The molecule has 1 aliphatic heterocycles. The standard InChI is InChI=1S/C21H29N5O2S/c1-14(2)19(21(28)25-10-4-5-15(3)12-25)26-13-17(23-24-26)11-22-20(27)16-6-8-18(29)9-7-16/h6-9,13-15,19,29H,4-5,10-12H2,1-3H3,(H,22,27). The van der Waals surface area contributed by atoms with Crippen molar-refractivity contribution in [2.75, 3.05) is 13.1 Å². The van der Waals surface area contributed by atoms with Crippen LogP contribution < -0.4 is 5.32 Å². The molecule has 2 atom stereocenters. The Morgan fingerprint density at radius 3 is 2.66 bits per heavy atom. The molecule has 2 heterocycles. The SMILES string of the molecule is CC1CCCN(C(=O)C(C(C)C)n2cc(CNC(=O)c3ccc(S)cc3)nn2)C1. The van der Waals surface area contributed by atoms with Gasteiger partial charge in [0.05, 0.1) is 12.7 Å². The van der Waals surface area contributed by atoms with Gasteiger partial charge >= 0.3 is 0 Å². The highest BCUT2D eigenvalue weighted by Crippen LogP contribution is 2.24. The van der Waals surface area contributed by atoms with Crippen LogP contribution in [0, 0.1) is 11.8 Å². The van der Waals surface area contributed by atoms with Crippen molar-refractivity contribution < 1.29 is 9.59 Å². The largest absolute Gasteiger partial charge is 0.346 e. The average molecular weight is 416 g/mol. The number of piperidine rings is 1. The van der Waals surface area contributed by atoms with Crippen molar-refractivity contribution in [2.24, 2.45) is 11.8 Å². The summed E-state index contributed by atoms with van der Waals surface area (Å²) in [5.41, 5.74) is 1.18. The second-order valence-electron chi connectivity index (χ2n) is 8.14. The lowest BCUT2D eigenvalue weighted by atomic mass is 9.97. The van der Waals surface area contributed by atoms with E-state index in [9.17, 15) is 9.59 Å². The Morgan fingerprint density at radius 1 is 1.28 bits per heavy atom. The van der Waals surface area contributed by atoms with E-state index < -0.39 is 0 Å². The number of amides is 2. The third-order valence-electron chi connectivity index (χ3n) is 5.26. The van der Waals surface area contributed by atoms with E-state index in [-0.39, 0.29) is 30.3 Å². The lowest BCUT2D eigenvalue weighted by Gasteiger charge is -2.34. The minimum absolute atomic E-state index is 0.0867. The van der Waals surface area contributed by atoms with Crippen molar-refractivity contribution in [3.05, 3.63) is 41.7 Å². The predicted octanol–water partition coefficient (Wildman–Crippen LogP) is 2.95. The Balaban J connectivity index is 1.65. The summed E-state index contributed by atoms with van der Waals surface area (Å²) in [4.78, 5) is 28.2. The van der Waals surface area contributed by atoms with Gasteiger partial charge in [-0.25, -0.2) is 4.68 Å². The number of benzene rings is 1. The van der Waals surface area contributed by atoms with Crippen molar-refractivity contribution in [1.82, 2.24) is 25.2 Å². The third-order valence-corrected chi connectivity index (χ3v) is 5.55. The van der Waals surface area contributed by atoms with Crippen LogP contribution in [0.5, 0.6) is 0 Å². The maximum absolute atomic E-state index is 13.1. The fraction of sp³-hybridized carbons (Fsp3) is 0.524. The topological polar surface area (TPSA) is 80.1 Å². The Kier molecular flexibility index (Phi) is 6.95. The lowest BCUT2D eigenvalue weighted by molar-refractivity contribution is -0.138. The van der Waals surface area contributed by atoms with E-state index in [1.54, 1.807) is 35.1 Å². The van der Waals surface area contributed by atoms with Gasteiger partial charge in [0.25, 0.3) is 5.91 Å². The molecule has 1 fully saturated rings. The molecule has 2 amide bonds. The van der Waals surface area contributed by atoms with Crippen molar-refractivity contribution in [2.45, 2.75) is 51.1 Å². The van der Waals surface area contributed by atoms with Crippen LogP contribution in [-0.4, -0.2) is 44.8 Å². The second kappa shape index (κ2) is 9.43. The van der Waals surface area contributed by atoms with Gasteiger partial charge in [-0.1, -0.05) is 26.0 Å². The quantitative estimate of drug-likeness (QED) is 0.711. The molecule has 2 aromatic rings. The first-order valence-electron chi connectivity index (χ1n) is 10.1. The zero-order chi connectivity index (χ0) is 21.0. The third kappa shape index (κ3) is 5.38. The minimum atomic E-state index is -0.389. The molecule has 1 N–H and O–H groups in total. The Hall–Kier alpha value is -2.35. The number of rotatable bonds is 6. The lowest BCUT2D eigenvalue weighted by Crippen LogP contribution is -2.44. The number of likely N-dealkylation sites (tertiary alicyclic amines) is 1. The predicted molar refractivity (Wildman–Crippen MR) is 114 cm³/mol. The van der Waals surface area contributed by atoms with Gasteiger partial charge < -0.3 is 10.2 Å². The smallest absolute Gasteiger partial charge is 0.251 e. The first-order chi connectivity index (χ1) is 13.8. The molecule has 7 nitrogen and oxygen atoms in total. The van der Waals surface area contributed by atoms with Crippen LogP contribution in [0.1, 0.15) is 55.7 Å². The van der Waals surface area contributed by atoms with E-state index in [1.165, 1.54) is 6.42 Å². The number of carbonyl (C=O) groups is 2. The Bertz CT molecular complexity index is 849. The normalized spacial score (nSPS) is 18.0. The fourth-order valence-corrected chi connectivity index (χ4v) is 3.85. The van der Waals surface area contributed by atoms with Crippen molar-refractivity contribution >= 4 is 24.4 Å². The van der Waals surface area contributed by atoms with E-state index in [2.05, 4.69) is 35.2 Å². The molecule has 0 aliphatic carbocycles. The molecule has 1 aromatic heterocycles. The molecule has 0 spiro atoms. The molecule has 0 bridgehead atoms. The van der Waals surface area contributed by atoms with E-state index >= 15 is 0 Å². The molecular weight excluding hydrogens is 386 g/mol. The minimum Gasteiger partial charge on any atom is -0.346 e. The molecule has 2 unspecified atom stereocenters. The van der Waals surface area contributed by atoms with Crippen molar-refractivity contribution in [1.29, 1.82) is 0 Å². The van der Waals surface area contributed by atoms with Crippen LogP contribution in [0.15, 0.2) is 35.4 Å². The summed E-state index contributed by atoms with van der Waals surface area (Å²) >= 11 is 4.22. The first-order valence-corrected chi connectivity index (χ1v) is 10.6. The summed E-state index contributed by atoms with van der Waals surface area (Å²) in [7, 11) is 0. The van der Waals surface area contributed by atoms with Gasteiger partial charge in [-0.2, -0.15) is 0 Å². The van der Waals surface area contributed by atoms with Crippen LogP contribution in [0.2, 0.25) is 0 Å². The van der Waals surface area contributed by atoms with E-state index in [4.69, 9.17) is 0 Å². The summed E-state index contributed by atoms with van der Waals surface area (Å²) < 4.78 is 1.64. The molecule has 1 saturated heterocycles. The van der Waals surface area contributed by atoms with Gasteiger partial charge in [0.1, 0.15) is 11.7 Å². The molecule has 1 aromatic carbocycles. The van der Waals surface area contributed by atoms with Gasteiger partial charge in [-0.05, 0) is 48.9 Å². The van der Waals surface area contributed by atoms with E-state index in [1.807, 2.05) is 18.7 Å². The van der Waals surface area contributed by atoms with E-state index in [0.717, 1.165) is 24.4 Å². The highest BCUT2D eigenvalue weighted by Gasteiger charge is 2.31. The summed E-state index contributed by atoms with van der Waals surface area (Å²) in [6, 6.07) is 6.60. The van der Waals surface area contributed by atoms with Crippen LogP contribution in [-0.2, 0) is 11.3 Å². The number of thiol groups is 1. The van der Waals surface area contributed by atoms with Crippen molar-refractivity contribution in [3.8, 4) is 0 Å². The Labute approximate surface area is 177 Å². The average Bonchev–Trinajstić information content (AvgIpc) is 3.15.